The van der Waals surface area contributed by atoms with E-state index in [0.29, 0.717) is 23.4 Å². The van der Waals surface area contributed by atoms with Crippen LogP contribution in [0.25, 0.3) is 0 Å². The smallest absolute Gasteiger partial charge is 0.416 e. The Bertz CT molecular complexity index is 1120. The maximum atomic E-state index is 13.3. The number of nitrogens with one attached hydrogen (secondary N) is 1. The summed E-state index contributed by atoms with van der Waals surface area (Å²) in [7, 11) is 1.48. The zero-order chi connectivity index (χ0) is 28.5. The summed E-state index contributed by atoms with van der Waals surface area (Å²) in [4.78, 5) is 27.1. The minimum Gasteiger partial charge on any atom is -0.497 e. The number of amides is 2. The van der Waals surface area contributed by atoms with E-state index in [-0.39, 0.29) is 25.6 Å². The first-order chi connectivity index (χ1) is 17.5. The molecule has 0 aromatic heterocycles. The van der Waals surface area contributed by atoms with Crippen molar-refractivity contribution in [3.63, 3.8) is 0 Å². The first-order valence-electron chi connectivity index (χ1n) is 11.7. The summed E-state index contributed by atoms with van der Waals surface area (Å²) in [6.07, 6.45) is -10.6. The average molecular weight is 547 g/mol. The minimum absolute atomic E-state index is 0.0315. The van der Waals surface area contributed by atoms with Crippen molar-refractivity contribution in [2.45, 2.75) is 57.1 Å². The molecule has 1 aliphatic rings. The van der Waals surface area contributed by atoms with Gasteiger partial charge in [0.05, 0.1) is 18.2 Å². The van der Waals surface area contributed by atoms with Gasteiger partial charge in [0, 0.05) is 30.6 Å². The van der Waals surface area contributed by atoms with Gasteiger partial charge in [-0.2, -0.15) is 26.3 Å². The van der Waals surface area contributed by atoms with Gasteiger partial charge in [-0.25, -0.2) is 4.79 Å². The molecule has 0 saturated carbocycles. The van der Waals surface area contributed by atoms with Gasteiger partial charge in [-0.05, 0) is 63.1 Å². The quantitative estimate of drug-likeness (QED) is 0.460. The number of halogens is 6. The Hall–Kier alpha value is -3.44. The van der Waals surface area contributed by atoms with Crippen LogP contribution < -0.4 is 10.1 Å². The van der Waals surface area contributed by atoms with Gasteiger partial charge in [0.1, 0.15) is 11.4 Å². The van der Waals surface area contributed by atoms with Crippen LogP contribution in [0.2, 0.25) is 0 Å². The lowest BCUT2D eigenvalue weighted by atomic mass is 9.85. The monoisotopic (exact) mass is 546 g/mol. The molecule has 0 bridgehead atoms. The highest BCUT2D eigenvalue weighted by Crippen LogP contribution is 2.37. The van der Waals surface area contributed by atoms with Crippen molar-refractivity contribution in [3.8, 4) is 5.75 Å². The van der Waals surface area contributed by atoms with Crippen molar-refractivity contribution in [2.24, 2.45) is 0 Å². The third-order valence-electron chi connectivity index (χ3n) is 5.97. The molecule has 0 aliphatic carbocycles. The van der Waals surface area contributed by atoms with Crippen LogP contribution >= 0.6 is 0 Å². The number of benzene rings is 2. The largest absolute Gasteiger partial charge is 0.497 e. The van der Waals surface area contributed by atoms with E-state index in [2.05, 4.69) is 5.32 Å². The van der Waals surface area contributed by atoms with Crippen molar-refractivity contribution >= 4 is 12.0 Å². The molecule has 1 saturated heterocycles. The first-order valence-corrected chi connectivity index (χ1v) is 11.7. The molecule has 1 aliphatic heterocycles. The Balaban J connectivity index is 1.92. The minimum atomic E-state index is -5.08. The van der Waals surface area contributed by atoms with Gasteiger partial charge in [0.2, 0.25) is 0 Å². The number of rotatable bonds is 4. The van der Waals surface area contributed by atoms with Crippen molar-refractivity contribution in [1.82, 2.24) is 10.2 Å². The highest BCUT2D eigenvalue weighted by Gasteiger charge is 2.39. The highest BCUT2D eigenvalue weighted by atomic mass is 19.4. The Labute approximate surface area is 215 Å². The summed E-state index contributed by atoms with van der Waals surface area (Å²) >= 11 is 0. The Morgan fingerprint density at radius 3 is 1.95 bits per heavy atom. The fourth-order valence-corrected chi connectivity index (χ4v) is 4.14. The number of hydrogen-bond donors (Lipinski definition) is 1. The lowest BCUT2D eigenvalue weighted by molar-refractivity contribution is -0.143. The normalized spacial score (nSPS) is 18.6. The molecule has 208 valence electrons. The zero-order valence-corrected chi connectivity index (χ0v) is 21.2. The molecule has 0 radical (unpaired) electrons. The maximum Gasteiger partial charge on any atom is 0.416 e. The molecule has 2 aromatic rings. The van der Waals surface area contributed by atoms with Crippen molar-refractivity contribution in [3.05, 3.63) is 64.7 Å². The van der Waals surface area contributed by atoms with E-state index in [1.54, 1.807) is 45.0 Å². The number of piperidine rings is 1. The molecular formula is C26H28F6N2O4. The number of hydrogen-bond acceptors (Lipinski definition) is 4. The van der Waals surface area contributed by atoms with Crippen LogP contribution in [-0.4, -0.2) is 48.7 Å². The maximum absolute atomic E-state index is 13.3. The van der Waals surface area contributed by atoms with Crippen molar-refractivity contribution < 1.29 is 45.4 Å². The SMILES string of the molecule is COc1ccc(C2CN(C(=O)OC(C)(C)C)CCC2NC(=O)c2cc(C(F)(F)F)cc(C(F)(F)F)c2)cc1. The number of methoxy groups -OCH3 is 1. The Morgan fingerprint density at radius 1 is 0.921 bits per heavy atom. The molecule has 2 amide bonds. The first kappa shape index (κ1) is 29.1. The van der Waals surface area contributed by atoms with Crippen LogP contribution in [0.4, 0.5) is 31.1 Å². The van der Waals surface area contributed by atoms with Crippen molar-refractivity contribution in [1.29, 1.82) is 0 Å². The highest BCUT2D eigenvalue weighted by molar-refractivity contribution is 5.95. The second kappa shape index (κ2) is 10.7. The topological polar surface area (TPSA) is 67.9 Å². The van der Waals surface area contributed by atoms with Gasteiger partial charge >= 0.3 is 18.4 Å². The Morgan fingerprint density at radius 2 is 1.47 bits per heavy atom. The second-order valence-electron chi connectivity index (χ2n) is 9.97. The molecule has 2 atom stereocenters. The number of nitrogens with zero attached hydrogens (tertiary/aromatic N) is 1. The average Bonchev–Trinajstić information content (AvgIpc) is 2.82. The van der Waals surface area contributed by atoms with E-state index in [0.717, 1.165) is 0 Å². The van der Waals surface area contributed by atoms with E-state index >= 15 is 0 Å². The van der Waals surface area contributed by atoms with E-state index in [4.69, 9.17) is 9.47 Å². The summed E-state index contributed by atoms with van der Waals surface area (Å²) in [5.74, 6) is -1.06. The van der Waals surface area contributed by atoms with Gasteiger partial charge in [-0.1, -0.05) is 12.1 Å². The molecule has 1 fully saturated rings. The van der Waals surface area contributed by atoms with Gasteiger partial charge in [-0.3, -0.25) is 4.79 Å². The van der Waals surface area contributed by atoms with Gasteiger partial charge in [0.25, 0.3) is 5.91 Å². The Kier molecular flexibility index (Phi) is 8.23. The van der Waals surface area contributed by atoms with Crippen LogP contribution in [0.5, 0.6) is 5.75 Å². The van der Waals surface area contributed by atoms with Crippen molar-refractivity contribution in [2.75, 3.05) is 20.2 Å². The molecule has 1 heterocycles. The second-order valence-corrected chi connectivity index (χ2v) is 9.97. The third kappa shape index (κ3) is 7.32. The van der Waals surface area contributed by atoms with Gasteiger partial charge < -0.3 is 19.7 Å². The lowest BCUT2D eigenvalue weighted by Gasteiger charge is -2.39. The number of alkyl halides is 6. The fraction of sp³-hybridized carbons (Fsp3) is 0.462. The number of carbonyl (C=O) groups is 2. The summed E-state index contributed by atoms with van der Waals surface area (Å²) in [5, 5.41) is 2.59. The summed E-state index contributed by atoms with van der Waals surface area (Å²) < 4.78 is 90.3. The molecule has 2 aromatic carbocycles. The van der Waals surface area contributed by atoms with E-state index in [9.17, 15) is 35.9 Å². The standard InChI is InChI=1S/C26H28F6N2O4/c1-24(2,3)38-23(36)34-10-9-21(20(14-34)15-5-7-19(37-4)8-6-15)33-22(35)16-11-17(25(27,28)29)13-18(12-16)26(30,31)32/h5-8,11-13,20-21H,9-10,14H2,1-4H3,(H,33,35). The number of carbonyl (C=O) groups excluding carboxylic acids is 2. The molecule has 3 rings (SSSR count). The number of ether oxygens (including phenoxy) is 2. The summed E-state index contributed by atoms with van der Waals surface area (Å²) in [6.45, 7) is 5.39. The molecule has 2 unspecified atom stereocenters. The molecule has 0 spiro atoms. The molecule has 38 heavy (non-hydrogen) atoms. The summed E-state index contributed by atoms with van der Waals surface area (Å²) in [6, 6.07) is 6.83. The number of likely N-dealkylation sites (tertiary alicyclic amines) is 1. The van der Waals surface area contributed by atoms with E-state index < -0.39 is 58.6 Å². The van der Waals surface area contributed by atoms with Crippen LogP contribution in [0.1, 0.15) is 60.2 Å². The molecular weight excluding hydrogens is 518 g/mol. The van der Waals surface area contributed by atoms with Crippen LogP contribution in [0.3, 0.4) is 0 Å². The molecule has 1 N–H and O–H groups in total. The fourth-order valence-electron chi connectivity index (χ4n) is 4.14. The molecule has 6 nitrogen and oxygen atoms in total. The predicted octanol–water partition coefficient (Wildman–Crippen LogP) is 6.26. The van der Waals surface area contributed by atoms with Crippen LogP contribution in [0.15, 0.2) is 42.5 Å². The van der Waals surface area contributed by atoms with Crippen LogP contribution in [0, 0.1) is 0 Å². The molecule has 12 heteroatoms. The van der Waals surface area contributed by atoms with E-state index in [1.165, 1.54) is 12.0 Å². The summed E-state index contributed by atoms with van der Waals surface area (Å²) in [5.41, 5.74) is -4.00. The zero-order valence-electron chi connectivity index (χ0n) is 21.2. The van der Waals surface area contributed by atoms with E-state index in [1.807, 2.05) is 0 Å². The van der Waals surface area contributed by atoms with Crippen LogP contribution in [-0.2, 0) is 17.1 Å². The van der Waals surface area contributed by atoms with Gasteiger partial charge in [0.15, 0.2) is 0 Å². The predicted molar refractivity (Wildman–Crippen MR) is 126 cm³/mol. The van der Waals surface area contributed by atoms with Gasteiger partial charge in [-0.15, -0.1) is 0 Å². The lowest BCUT2D eigenvalue weighted by Crippen LogP contribution is -2.52. The third-order valence-corrected chi connectivity index (χ3v) is 5.97.